The maximum atomic E-state index is 3.32. The van der Waals surface area contributed by atoms with Crippen molar-refractivity contribution >= 4 is 0 Å². The zero-order valence-electron chi connectivity index (χ0n) is 12.4. The summed E-state index contributed by atoms with van der Waals surface area (Å²) in [4.78, 5) is 0. The summed E-state index contributed by atoms with van der Waals surface area (Å²) in [5, 5.41) is 0. The third-order valence-corrected chi connectivity index (χ3v) is 3.47. The van der Waals surface area contributed by atoms with E-state index in [0.717, 1.165) is 6.42 Å². The Labute approximate surface area is 113 Å². The molecule has 0 fully saturated rings. The van der Waals surface area contributed by atoms with E-state index in [2.05, 4.69) is 51.7 Å². The summed E-state index contributed by atoms with van der Waals surface area (Å²) in [5.41, 5.74) is 5.20. The first-order chi connectivity index (χ1) is 8.65. The van der Waals surface area contributed by atoms with Crippen LogP contribution in [0.15, 0.2) is 12.1 Å². The summed E-state index contributed by atoms with van der Waals surface area (Å²) >= 11 is 0. The Hall–Kier alpha value is -1.22. The number of aryl methyl sites for hydroxylation is 3. The van der Waals surface area contributed by atoms with Gasteiger partial charge in [0.15, 0.2) is 0 Å². The fourth-order valence-corrected chi connectivity index (χ4v) is 2.07. The van der Waals surface area contributed by atoms with Gasteiger partial charge in [0.1, 0.15) is 0 Å². The van der Waals surface area contributed by atoms with Gasteiger partial charge in [0.2, 0.25) is 0 Å². The molecule has 1 aromatic carbocycles. The van der Waals surface area contributed by atoms with Crippen molar-refractivity contribution in [2.45, 2.75) is 66.2 Å². The van der Waals surface area contributed by atoms with Crippen LogP contribution in [0.3, 0.4) is 0 Å². The van der Waals surface area contributed by atoms with Gasteiger partial charge in [-0.3, -0.25) is 0 Å². The number of rotatable bonds is 5. The Kier molecular flexibility index (Phi) is 6.58. The summed E-state index contributed by atoms with van der Waals surface area (Å²) in [6, 6.07) is 4.45. The number of unbranched alkanes of at least 4 members (excludes halogenated alkanes) is 5. The lowest BCUT2D eigenvalue weighted by Crippen LogP contribution is -1.88. The van der Waals surface area contributed by atoms with E-state index in [1.165, 1.54) is 54.4 Å². The maximum Gasteiger partial charge on any atom is 0.0277 e. The SMILES string of the molecule is CCCCCCCC#Cc1cc(C)c(C)cc1C. The molecule has 0 atom stereocenters. The van der Waals surface area contributed by atoms with Gasteiger partial charge in [0.25, 0.3) is 0 Å². The molecule has 0 amide bonds. The Bertz CT molecular complexity index is 429. The van der Waals surface area contributed by atoms with Crippen molar-refractivity contribution in [3.05, 3.63) is 34.4 Å². The molecule has 0 aromatic heterocycles. The molecular formula is C18H26. The fraction of sp³-hybridized carbons (Fsp3) is 0.556. The molecule has 1 rings (SSSR count). The van der Waals surface area contributed by atoms with E-state index >= 15 is 0 Å². The van der Waals surface area contributed by atoms with Crippen LogP contribution in [0.2, 0.25) is 0 Å². The molecule has 0 saturated heterocycles. The summed E-state index contributed by atoms with van der Waals surface area (Å²) in [6.45, 7) is 8.72. The van der Waals surface area contributed by atoms with Gasteiger partial charge in [0.05, 0.1) is 0 Å². The first kappa shape index (κ1) is 14.8. The van der Waals surface area contributed by atoms with Crippen LogP contribution in [0.5, 0.6) is 0 Å². The predicted molar refractivity (Wildman–Crippen MR) is 80.9 cm³/mol. The minimum absolute atomic E-state index is 1.04. The normalized spacial score (nSPS) is 10.0. The topological polar surface area (TPSA) is 0 Å². The highest BCUT2D eigenvalue weighted by molar-refractivity contribution is 5.45. The molecule has 0 nitrogen and oxygen atoms in total. The average molecular weight is 242 g/mol. The van der Waals surface area contributed by atoms with Gasteiger partial charge in [0, 0.05) is 12.0 Å². The predicted octanol–water partition coefficient (Wildman–Crippen LogP) is 5.32. The van der Waals surface area contributed by atoms with Crippen LogP contribution in [0.4, 0.5) is 0 Å². The number of hydrogen-bond donors (Lipinski definition) is 0. The average Bonchev–Trinajstić information content (AvgIpc) is 2.34. The van der Waals surface area contributed by atoms with Crippen molar-refractivity contribution in [3.63, 3.8) is 0 Å². The first-order valence-corrected chi connectivity index (χ1v) is 7.22. The Morgan fingerprint density at radius 2 is 1.50 bits per heavy atom. The number of hydrogen-bond acceptors (Lipinski definition) is 0. The van der Waals surface area contributed by atoms with E-state index in [4.69, 9.17) is 0 Å². The molecule has 1 aromatic rings. The van der Waals surface area contributed by atoms with E-state index in [-0.39, 0.29) is 0 Å². The summed E-state index contributed by atoms with van der Waals surface area (Å²) in [6.07, 6.45) is 7.65. The minimum atomic E-state index is 1.04. The van der Waals surface area contributed by atoms with Gasteiger partial charge in [-0.1, -0.05) is 50.5 Å². The van der Waals surface area contributed by atoms with E-state index in [9.17, 15) is 0 Å². The summed E-state index contributed by atoms with van der Waals surface area (Å²) < 4.78 is 0. The van der Waals surface area contributed by atoms with E-state index < -0.39 is 0 Å². The highest BCUT2D eigenvalue weighted by atomic mass is 14.0. The van der Waals surface area contributed by atoms with E-state index in [1.54, 1.807) is 0 Å². The number of benzene rings is 1. The zero-order chi connectivity index (χ0) is 13.4. The van der Waals surface area contributed by atoms with Gasteiger partial charge in [-0.05, 0) is 49.9 Å². The molecule has 0 spiro atoms. The van der Waals surface area contributed by atoms with Crippen molar-refractivity contribution in [1.82, 2.24) is 0 Å². The van der Waals surface area contributed by atoms with Crippen molar-refractivity contribution < 1.29 is 0 Å². The minimum Gasteiger partial charge on any atom is -0.0979 e. The van der Waals surface area contributed by atoms with Gasteiger partial charge >= 0.3 is 0 Å². The largest absolute Gasteiger partial charge is 0.0979 e. The Balaban J connectivity index is 2.45. The summed E-state index contributed by atoms with van der Waals surface area (Å²) in [7, 11) is 0. The Morgan fingerprint density at radius 1 is 0.833 bits per heavy atom. The van der Waals surface area contributed by atoms with E-state index in [0.29, 0.717) is 0 Å². The van der Waals surface area contributed by atoms with Gasteiger partial charge < -0.3 is 0 Å². The van der Waals surface area contributed by atoms with Crippen LogP contribution in [0.1, 0.15) is 67.7 Å². The fourth-order valence-electron chi connectivity index (χ4n) is 2.07. The molecule has 0 unspecified atom stereocenters. The third-order valence-electron chi connectivity index (χ3n) is 3.47. The molecule has 0 aliphatic rings. The third kappa shape index (κ3) is 4.96. The maximum absolute atomic E-state index is 3.32. The summed E-state index contributed by atoms with van der Waals surface area (Å²) in [5.74, 6) is 6.64. The molecule has 0 bridgehead atoms. The van der Waals surface area contributed by atoms with Crippen LogP contribution in [-0.2, 0) is 0 Å². The van der Waals surface area contributed by atoms with E-state index in [1.807, 2.05) is 0 Å². The van der Waals surface area contributed by atoms with Gasteiger partial charge in [-0.15, -0.1) is 0 Å². The molecule has 0 radical (unpaired) electrons. The first-order valence-electron chi connectivity index (χ1n) is 7.22. The zero-order valence-corrected chi connectivity index (χ0v) is 12.4. The highest BCUT2D eigenvalue weighted by Crippen LogP contribution is 2.14. The van der Waals surface area contributed by atoms with Crippen LogP contribution >= 0.6 is 0 Å². The van der Waals surface area contributed by atoms with Crippen molar-refractivity contribution in [2.24, 2.45) is 0 Å². The smallest absolute Gasteiger partial charge is 0.0277 e. The quantitative estimate of drug-likeness (QED) is 0.484. The molecule has 0 N–H and O–H groups in total. The van der Waals surface area contributed by atoms with Crippen molar-refractivity contribution in [2.75, 3.05) is 0 Å². The van der Waals surface area contributed by atoms with Crippen LogP contribution < -0.4 is 0 Å². The second-order valence-corrected chi connectivity index (χ2v) is 5.22. The van der Waals surface area contributed by atoms with Gasteiger partial charge in [-0.25, -0.2) is 0 Å². The van der Waals surface area contributed by atoms with Crippen LogP contribution in [0.25, 0.3) is 0 Å². The molecular weight excluding hydrogens is 216 g/mol. The standard InChI is InChI=1S/C18H26/c1-5-6-7-8-9-10-11-12-18-14-16(3)15(2)13-17(18)4/h13-14H,5-10H2,1-4H3. The molecule has 98 valence electrons. The van der Waals surface area contributed by atoms with Crippen LogP contribution in [0, 0.1) is 32.6 Å². The molecule has 0 aliphatic heterocycles. The second kappa shape index (κ2) is 7.98. The lowest BCUT2D eigenvalue weighted by Gasteiger charge is -2.04. The second-order valence-electron chi connectivity index (χ2n) is 5.22. The van der Waals surface area contributed by atoms with Crippen molar-refractivity contribution in [3.8, 4) is 11.8 Å². The van der Waals surface area contributed by atoms with Crippen molar-refractivity contribution in [1.29, 1.82) is 0 Å². The molecule has 0 heteroatoms. The van der Waals surface area contributed by atoms with Gasteiger partial charge in [-0.2, -0.15) is 0 Å². The lowest BCUT2D eigenvalue weighted by atomic mass is 10.0. The van der Waals surface area contributed by atoms with Crippen LogP contribution in [-0.4, -0.2) is 0 Å². The Morgan fingerprint density at radius 3 is 2.22 bits per heavy atom. The highest BCUT2D eigenvalue weighted by Gasteiger charge is 1.98. The lowest BCUT2D eigenvalue weighted by molar-refractivity contribution is 0.641. The molecule has 0 heterocycles. The monoisotopic (exact) mass is 242 g/mol. The molecule has 18 heavy (non-hydrogen) atoms. The molecule has 0 saturated carbocycles. The molecule has 0 aliphatic carbocycles.